The van der Waals surface area contributed by atoms with Crippen LogP contribution in [0.1, 0.15) is 21.1 Å². The van der Waals surface area contributed by atoms with Crippen molar-refractivity contribution in [3.8, 4) is 6.07 Å². The number of nitriles is 1. The van der Waals surface area contributed by atoms with Crippen LogP contribution in [0.2, 0.25) is 5.02 Å². The van der Waals surface area contributed by atoms with Crippen LogP contribution in [0.25, 0.3) is 0 Å². The number of aromatic carboxylic acids is 1. The molecule has 8 heteroatoms. The molecule has 0 saturated carbocycles. The molecule has 6 nitrogen and oxygen atoms in total. The van der Waals surface area contributed by atoms with Crippen LogP contribution in [0.15, 0.2) is 17.6 Å². The van der Waals surface area contributed by atoms with Crippen molar-refractivity contribution in [3.05, 3.63) is 38.9 Å². The maximum atomic E-state index is 10.7. The topological polar surface area (TPSA) is 98.9 Å². The van der Waals surface area contributed by atoms with Crippen molar-refractivity contribution in [1.82, 2.24) is 9.97 Å². The molecule has 0 amide bonds. The van der Waals surface area contributed by atoms with Gasteiger partial charge in [-0.05, 0) is 6.07 Å². The van der Waals surface area contributed by atoms with Crippen molar-refractivity contribution < 1.29 is 9.90 Å². The minimum absolute atomic E-state index is 0.0487. The fraction of sp³-hybridized carbons (Fsp3) is 0.167. The zero-order chi connectivity index (χ0) is 14.5. The SMILES string of the molecule is N#Cc1ccnc(NCCc2nc(C(=O)O)cs2)c1Cl. The highest BCUT2D eigenvalue weighted by Crippen LogP contribution is 2.22. The molecule has 2 heterocycles. The summed E-state index contributed by atoms with van der Waals surface area (Å²) < 4.78 is 0. The molecule has 0 bridgehead atoms. The Hall–Kier alpha value is -2.17. The number of carboxylic acids is 1. The van der Waals surface area contributed by atoms with E-state index >= 15 is 0 Å². The third kappa shape index (κ3) is 3.23. The molecule has 0 spiro atoms. The van der Waals surface area contributed by atoms with Crippen LogP contribution in [0.5, 0.6) is 0 Å². The Kier molecular flexibility index (Phi) is 4.50. The van der Waals surface area contributed by atoms with Crippen molar-refractivity contribution in [3.63, 3.8) is 0 Å². The number of pyridine rings is 1. The van der Waals surface area contributed by atoms with E-state index in [0.29, 0.717) is 29.4 Å². The molecule has 0 aliphatic heterocycles. The lowest BCUT2D eigenvalue weighted by molar-refractivity contribution is 0.0691. The van der Waals surface area contributed by atoms with Gasteiger partial charge in [-0.2, -0.15) is 5.26 Å². The van der Waals surface area contributed by atoms with Gasteiger partial charge in [0.2, 0.25) is 0 Å². The molecule has 0 aliphatic carbocycles. The largest absolute Gasteiger partial charge is 0.476 e. The summed E-state index contributed by atoms with van der Waals surface area (Å²) >= 11 is 7.29. The Labute approximate surface area is 123 Å². The van der Waals surface area contributed by atoms with Crippen molar-refractivity contribution in [2.24, 2.45) is 0 Å². The summed E-state index contributed by atoms with van der Waals surface area (Å²) in [6.07, 6.45) is 2.05. The van der Waals surface area contributed by atoms with Gasteiger partial charge >= 0.3 is 5.97 Å². The highest BCUT2D eigenvalue weighted by Gasteiger charge is 2.09. The molecular formula is C12H9ClN4O2S. The van der Waals surface area contributed by atoms with Gasteiger partial charge in [-0.25, -0.2) is 14.8 Å². The summed E-state index contributed by atoms with van der Waals surface area (Å²) in [6.45, 7) is 0.494. The second-order valence-corrected chi connectivity index (χ2v) is 5.06. The molecule has 0 fully saturated rings. The van der Waals surface area contributed by atoms with Gasteiger partial charge in [0.1, 0.15) is 16.9 Å². The first-order valence-corrected chi connectivity index (χ1v) is 6.83. The predicted molar refractivity (Wildman–Crippen MR) is 75.2 cm³/mol. The molecule has 2 rings (SSSR count). The molecule has 2 aromatic heterocycles. The summed E-state index contributed by atoms with van der Waals surface area (Å²) in [5.41, 5.74) is 0.402. The number of nitrogens with one attached hydrogen (secondary N) is 1. The number of aromatic nitrogens is 2. The molecule has 0 aliphatic rings. The molecule has 20 heavy (non-hydrogen) atoms. The lowest BCUT2D eigenvalue weighted by atomic mass is 10.3. The smallest absolute Gasteiger partial charge is 0.355 e. The fourth-order valence-corrected chi connectivity index (χ4v) is 2.46. The number of carbonyl (C=O) groups is 1. The Bertz CT molecular complexity index is 680. The van der Waals surface area contributed by atoms with Gasteiger partial charge in [0.05, 0.1) is 10.6 Å². The third-order valence-corrected chi connectivity index (χ3v) is 3.70. The van der Waals surface area contributed by atoms with Crippen molar-refractivity contribution in [2.75, 3.05) is 11.9 Å². The van der Waals surface area contributed by atoms with E-state index in [-0.39, 0.29) is 10.7 Å². The summed E-state index contributed by atoms with van der Waals surface area (Å²) in [7, 11) is 0. The first kappa shape index (κ1) is 14.2. The van der Waals surface area contributed by atoms with Crippen LogP contribution in [-0.4, -0.2) is 27.6 Å². The van der Waals surface area contributed by atoms with E-state index in [4.69, 9.17) is 22.0 Å². The molecule has 2 N–H and O–H groups in total. The molecule has 0 saturated heterocycles. The third-order valence-electron chi connectivity index (χ3n) is 2.41. The van der Waals surface area contributed by atoms with E-state index < -0.39 is 5.97 Å². The maximum Gasteiger partial charge on any atom is 0.355 e. The van der Waals surface area contributed by atoms with Gasteiger partial charge in [0.25, 0.3) is 0 Å². The molecule has 0 atom stereocenters. The fourth-order valence-electron chi connectivity index (χ4n) is 1.47. The van der Waals surface area contributed by atoms with Gasteiger partial charge in [-0.15, -0.1) is 11.3 Å². The van der Waals surface area contributed by atoms with E-state index in [1.165, 1.54) is 29.0 Å². The van der Waals surface area contributed by atoms with Crippen LogP contribution >= 0.6 is 22.9 Å². The highest BCUT2D eigenvalue weighted by atomic mass is 35.5. The number of hydrogen-bond acceptors (Lipinski definition) is 6. The highest BCUT2D eigenvalue weighted by molar-refractivity contribution is 7.09. The van der Waals surface area contributed by atoms with Crippen molar-refractivity contribution in [2.45, 2.75) is 6.42 Å². The minimum Gasteiger partial charge on any atom is -0.476 e. The Morgan fingerprint density at radius 1 is 1.60 bits per heavy atom. The van der Waals surface area contributed by atoms with Crippen LogP contribution in [0.3, 0.4) is 0 Å². The zero-order valence-corrected chi connectivity index (χ0v) is 11.7. The van der Waals surface area contributed by atoms with Crippen LogP contribution < -0.4 is 5.32 Å². The summed E-state index contributed by atoms with van der Waals surface area (Å²) in [5.74, 6) is -0.604. The average molecular weight is 309 g/mol. The summed E-state index contributed by atoms with van der Waals surface area (Å²) in [5, 5.41) is 23.1. The van der Waals surface area contributed by atoms with E-state index in [0.717, 1.165) is 0 Å². The lowest BCUT2D eigenvalue weighted by Gasteiger charge is -2.06. The Balaban J connectivity index is 1.96. The monoisotopic (exact) mass is 308 g/mol. The van der Waals surface area contributed by atoms with Gasteiger partial charge in [0, 0.05) is 24.5 Å². The van der Waals surface area contributed by atoms with E-state index in [2.05, 4.69) is 15.3 Å². The molecule has 102 valence electrons. The number of nitrogens with zero attached hydrogens (tertiary/aromatic N) is 3. The van der Waals surface area contributed by atoms with Crippen LogP contribution in [-0.2, 0) is 6.42 Å². The first-order chi connectivity index (χ1) is 9.61. The summed E-state index contributed by atoms with van der Waals surface area (Å²) in [4.78, 5) is 18.7. The predicted octanol–water partition coefficient (Wildman–Crippen LogP) is 2.42. The second-order valence-electron chi connectivity index (χ2n) is 3.74. The number of anilines is 1. The van der Waals surface area contributed by atoms with E-state index in [1.807, 2.05) is 6.07 Å². The van der Waals surface area contributed by atoms with Gasteiger partial charge < -0.3 is 10.4 Å². The lowest BCUT2D eigenvalue weighted by Crippen LogP contribution is -2.07. The van der Waals surface area contributed by atoms with Crippen molar-refractivity contribution >= 4 is 34.7 Å². The summed E-state index contributed by atoms with van der Waals surface area (Å²) in [6, 6.07) is 3.51. The average Bonchev–Trinajstić information content (AvgIpc) is 2.90. The molecule has 0 aromatic carbocycles. The number of hydrogen-bond donors (Lipinski definition) is 2. The minimum atomic E-state index is -1.04. The number of rotatable bonds is 5. The second kappa shape index (κ2) is 6.32. The van der Waals surface area contributed by atoms with Crippen LogP contribution in [0, 0.1) is 11.3 Å². The number of halogens is 1. The normalized spacial score (nSPS) is 10.0. The van der Waals surface area contributed by atoms with Gasteiger partial charge in [-0.3, -0.25) is 0 Å². The zero-order valence-electron chi connectivity index (χ0n) is 10.1. The number of thiazole rings is 1. The first-order valence-electron chi connectivity index (χ1n) is 5.58. The van der Waals surface area contributed by atoms with Crippen LogP contribution in [0.4, 0.5) is 5.82 Å². The molecular weight excluding hydrogens is 300 g/mol. The maximum absolute atomic E-state index is 10.7. The van der Waals surface area contributed by atoms with E-state index in [9.17, 15) is 4.79 Å². The molecule has 0 unspecified atom stereocenters. The van der Waals surface area contributed by atoms with Crippen molar-refractivity contribution in [1.29, 1.82) is 5.26 Å². The van der Waals surface area contributed by atoms with Gasteiger partial charge in [0.15, 0.2) is 5.69 Å². The Morgan fingerprint density at radius 3 is 3.05 bits per heavy atom. The quantitative estimate of drug-likeness (QED) is 0.880. The molecule has 0 radical (unpaired) electrons. The number of carboxylic acid groups (broad SMARTS) is 1. The molecule has 2 aromatic rings. The standard InChI is InChI=1S/C12H9ClN4O2S/c13-10-7(5-14)1-3-15-11(10)16-4-2-9-17-8(6-20-9)12(18)19/h1,3,6H,2,4H2,(H,15,16)(H,18,19). The van der Waals surface area contributed by atoms with Gasteiger partial charge in [-0.1, -0.05) is 11.6 Å². The Morgan fingerprint density at radius 2 is 2.40 bits per heavy atom. The van der Waals surface area contributed by atoms with E-state index in [1.54, 1.807) is 0 Å².